The molecule has 3 rings (SSSR count). The molecule has 2 fully saturated rings. The SMILES string of the molecule is CN(C)S(=O)(=O)c1ccc(CNC(=O)N[C@@H]2C[C@H]2C2CCCCC2)cc1. The highest BCUT2D eigenvalue weighted by molar-refractivity contribution is 7.89. The number of nitrogens with one attached hydrogen (secondary N) is 2. The number of rotatable bonds is 6. The van der Waals surface area contributed by atoms with Gasteiger partial charge in [0.25, 0.3) is 0 Å². The van der Waals surface area contributed by atoms with Gasteiger partial charge in [-0.15, -0.1) is 0 Å². The minimum Gasteiger partial charge on any atom is -0.335 e. The van der Waals surface area contributed by atoms with Crippen LogP contribution >= 0.6 is 0 Å². The van der Waals surface area contributed by atoms with Crippen molar-refractivity contribution in [3.8, 4) is 0 Å². The van der Waals surface area contributed by atoms with E-state index in [1.165, 1.54) is 50.5 Å². The fourth-order valence-electron chi connectivity index (χ4n) is 3.86. The lowest BCUT2D eigenvalue weighted by molar-refractivity contribution is 0.237. The highest BCUT2D eigenvalue weighted by atomic mass is 32.2. The van der Waals surface area contributed by atoms with Crippen molar-refractivity contribution >= 4 is 16.1 Å². The van der Waals surface area contributed by atoms with Crippen molar-refractivity contribution in [2.24, 2.45) is 11.8 Å². The molecule has 7 heteroatoms. The highest BCUT2D eigenvalue weighted by Gasteiger charge is 2.43. The van der Waals surface area contributed by atoms with Gasteiger partial charge in [-0.1, -0.05) is 44.2 Å². The lowest BCUT2D eigenvalue weighted by atomic mass is 9.85. The van der Waals surface area contributed by atoms with Crippen LogP contribution in [0.1, 0.15) is 44.1 Å². The van der Waals surface area contributed by atoms with Crippen molar-refractivity contribution in [1.29, 1.82) is 0 Å². The molecule has 0 radical (unpaired) electrons. The maximum atomic E-state index is 12.1. The molecule has 2 aliphatic rings. The summed E-state index contributed by atoms with van der Waals surface area (Å²) in [5.74, 6) is 1.46. The van der Waals surface area contributed by atoms with E-state index >= 15 is 0 Å². The number of sulfonamides is 1. The van der Waals surface area contributed by atoms with Crippen LogP contribution in [0.15, 0.2) is 29.2 Å². The number of hydrogen-bond donors (Lipinski definition) is 2. The summed E-state index contributed by atoms with van der Waals surface area (Å²) in [4.78, 5) is 12.3. The van der Waals surface area contributed by atoms with E-state index in [-0.39, 0.29) is 10.9 Å². The molecule has 2 saturated carbocycles. The quantitative estimate of drug-likeness (QED) is 0.798. The molecular formula is C19H29N3O3S. The summed E-state index contributed by atoms with van der Waals surface area (Å²) in [6, 6.07) is 6.80. The number of carbonyl (C=O) groups is 1. The molecule has 6 nitrogen and oxygen atoms in total. The first-order chi connectivity index (χ1) is 12.4. The van der Waals surface area contributed by atoms with Crippen molar-refractivity contribution in [2.45, 2.75) is 56.0 Å². The Balaban J connectivity index is 1.44. The number of amides is 2. The van der Waals surface area contributed by atoms with E-state index < -0.39 is 10.0 Å². The zero-order valence-electron chi connectivity index (χ0n) is 15.6. The Bertz CT molecular complexity index is 725. The predicted molar refractivity (Wildman–Crippen MR) is 101 cm³/mol. The average Bonchev–Trinajstić information content (AvgIpc) is 3.40. The summed E-state index contributed by atoms with van der Waals surface area (Å²) in [5.41, 5.74) is 0.873. The second-order valence-corrected chi connectivity index (χ2v) is 9.81. The van der Waals surface area contributed by atoms with Crippen LogP contribution in [-0.2, 0) is 16.6 Å². The molecule has 2 amide bonds. The van der Waals surface area contributed by atoms with E-state index in [1.807, 2.05) is 0 Å². The predicted octanol–water partition coefficient (Wildman–Crippen LogP) is 2.70. The fraction of sp³-hybridized carbons (Fsp3) is 0.632. The summed E-state index contributed by atoms with van der Waals surface area (Å²) in [5, 5.41) is 5.93. The molecule has 0 bridgehead atoms. The molecule has 0 aromatic heterocycles. The molecule has 0 heterocycles. The Kier molecular flexibility index (Phi) is 5.87. The van der Waals surface area contributed by atoms with Crippen molar-refractivity contribution in [2.75, 3.05) is 14.1 Å². The van der Waals surface area contributed by atoms with E-state index in [4.69, 9.17) is 0 Å². The van der Waals surface area contributed by atoms with Gasteiger partial charge in [0.1, 0.15) is 0 Å². The van der Waals surface area contributed by atoms with Gasteiger partial charge in [-0.2, -0.15) is 0 Å². The molecule has 2 aliphatic carbocycles. The first kappa shape index (κ1) is 19.2. The van der Waals surface area contributed by atoms with Crippen LogP contribution in [0.25, 0.3) is 0 Å². The molecule has 2 N–H and O–H groups in total. The summed E-state index contributed by atoms with van der Waals surface area (Å²) < 4.78 is 25.3. The molecular weight excluding hydrogens is 350 g/mol. The number of urea groups is 1. The van der Waals surface area contributed by atoms with Gasteiger partial charge in [0, 0.05) is 26.7 Å². The Morgan fingerprint density at radius 3 is 2.38 bits per heavy atom. The van der Waals surface area contributed by atoms with E-state index in [0.717, 1.165) is 17.9 Å². The minimum atomic E-state index is -3.42. The minimum absolute atomic E-state index is 0.140. The molecule has 26 heavy (non-hydrogen) atoms. The lowest BCUT2D eigenvalue weighted by Crippen LogP contribution is -2.37. The molecule has 0 aliphatic heterocycles. The molecule has 0 unspecified atom stereocenters. The lowest BCUT2D eigenvalue weighted by Gasteiger charge is -2.21. The van der Waals surface area contributed by atoms with Crippen LogP contribution in [0.5, 0.6) is 0 Å². The second-order valence-electron chi connectivity index (χ2n) is 7.66. The van der Waals surface area contributed by atoms with Crippen LogP contribution < -0.4 is 10.6 Å². The number of nitrogens with zero attached hydrogens (tertiary/aromatic N) is 1. The third-order valence-corrected chi connectivity index (χ3v) is 7.40. The van der Waals surface area contributed by atoms with Crippen LogP contribution in [0.3, 0.4) is 0 Å². The molecule has 1 aromatic carbocycles. The van der Waals surface area contributed by atoms with Gasteiger partial charge in [0.15, 0.2) is 0 Å². The van der Waals surface area contributed by atoms with Gasteiger partial charge >= 0.3 is 6.03 Å². The maximum absolute atomic E-state index is 12.1. The molecule has 0 spiro atoms. The Hall–Kier alpha value is -1.60. The summed E-state index contributed by atoms with van der Waals surface area (Å²) in [6.45, 7) is 0.384. The third-order valence-electron chi connectivity index (χ3n) is 5.57. The molecule has 0 saturated heterocycles. The first-order valence-corrected chi connectivity index (χ1v) is 10.9. The largest absolute Gasteiger partial charge is 0.335 e. The normalized spacial score (nSPS) is 23.7. The Morgan fingerprint density at radius 2 is 1.77 bits per heavy atom. The Labute approximate surface area is 156 Å². The number of hydrogen-bond acceptors (Lipinski definition) is 3. The van der Waals surface area contributed by atoms with Crippen LogP contribution in [0, 0.1) is 11.8 Å². The van der Waals surface area contributed by atoms with Crippen LogP contribution in [-0.4, -0.2) is 38.9 Å². The second kappa shape index (κ2) is 7.96. The summed E-state index contributed by atoms with van der Waals surface area (Å²) >= 11 is 0. The molecule has 2 atom stereocenters. The zero-order chi connectivity index (χ0) is 18.7. The van der Waals surface area contributed by atoms with Crippen molar-refractivity contribution in [3.05, 3.63) is 29.8 Å². The molecule has 144 valence electrons. The average molecular weight is 380 g/mol. The topological polar surface area (TPSA) is 78.5 Å². The smallest absolute Gasteiger partial charge is 0.315 e. The monoisotopic (exact) mass is 379 g/mol. The van der Waals surface area contributed by atoms with Gasteiger partial charge < -0.3 is 10.6 Å². The standard InChI is InChI=1S/C19H29N3O3S/c1-22(2)26(24,25)16-10-8-14(9-11-16)13-20-19(23)21-18-12-17(18)15-6-4-3-5-7-15/h8-11,15,17-18H,3-7,12-13H2,1-2H3,(H2,20,21,23)/t17-,18+/m0/s1. The zero-order valence-corrected chi connectivity index (χ0v) is 16.4. The number of benzene rings is 1. The van der Waals surface area contributed by atoms with Gasteiger partial charge in [-0.3, -0.25) is 0 Å². The van der Waals surface area contributed by atoms with Crippen molar-refractivity contribution in [3.63, 3.8) is 0 Å². The van der Waals surface area contributed by atoms with Crippen molar-refractivity contribution < 1.29 is 13.2 Å². The Morgan fingerprint density at radius 1 is 1.12 bits per heavy atom. The van der Waals surface area contributed by atoms with Gasteiger partial charge in [0.2, 0.25) is 10.0 Å². The van der Waals surface area contributed by atoms with Gasteiger partial charge in [-0.05, 0) is 36.0 Å². The van der Waals surface area contributed by atoms with Gasteiger partial charge in [-0.25, -0.2) is 17.5 Å². The summed E-state index contributed by atoms with van der Waals surface area (Å²) in [6.07, 6.45) is 7.75. The third kappa shape index (κ3) is 4.57. The van der Waals surface area contributed by atoms with Crippen molar-refractivity contribution in [1.82, 2.24) is 14.9 Å². The van der Waals surface area contributed by atoms with Gasteiger partial charge in [0.05, 0.1) is 4.90 Å². The van der Waals surface area contributed by atoms with E-state index in [2.05, 4.69) is 10.6 Å². The summed E-state index contributed by atoms with van der Waals surface area (Å²) in [7, 11) is -0.401. The fourth-order valence-corrected chi connectivity index (χ4v) is 4.76. The molecule has 1 aromatic rings. The first-order valence-electron chi connectivity index (χ1n) is 9.44. The van der Waals surface area contributed by atoms with E-state index in [1.54, 1.807) is 24.3 Å². The highest BCUT2D eigenvalue weighted by Crippen LogP contribution is 2.44. The number of carbonyl (C=O) groups excluding carboxylic acids is 1. The van der Waals surface area contributed by atoms with Crippen LogP contribution in [0.2, 0.25) is 0 Å². The maximum Gasteiger partial charge on any atom is 0.315 e. The van der Waals surface area contributed by atoms with Crippen LogP contribution in [0.4, 0.5) is 4.79 Å². The van der Waals surface area contributed by atoms with E-state index in [9.17, 15) is 13.2 Å². The van der Waals surface area contributed by atoms with E-state index in [0.29, 0.717) is 18.5 Å².